The lowest BCUT2D eigenvalue weighted by molar-refractivity contribution is -0.120. The minimum Gasteiger partial charge on any atom is -0.376 e. The van der Waals surface area contributed by atoms with E-state index in [1.165, 1.54) is 5.69 Å². The van der Waals surface area contributed by atoms with Gasteiger partial charge < -0.3 is 15.8 Å². The summed E-state index contributed by atoms with van der Waals surface area (Å²) in [6, 6.07) is 1.89. The Balaban J connectivity index is 1.66. The quantitative estimate of drug-likeness (QED) is 0.797. The summed E-state index contributed by atoms with van der Waals surface area (Å²) in [6.45, 7) is 7.50. The van der Waals surface area contributed by atoms with Crippen LogP contribution in [0.4, 0.5) is 0 Å². The highest BCUT2D eigenvalue weighted by Gasteiger charge is 2.33. The van der Waals surface area contributed by atoms with Gasteiger partial charge in [0.2, 0.25) is 5.91 Å². The molecule has 4 rings (SSSR count). The van der Waals surface area contributed by atoms with Crippen LogP contribution < -0.4 is 11.1 Å². The molecule has 0 saturated carbocycles. The number of morpholine rings is 1. The van der Waals surface area contributed by atoms with Crippen LogP contribution in [0.3, 0.4) is 0 Å². The molecule has 2 aromatic heterocycles. The van der Waals surface area contributed by atoms with E-state index in [2.05, 4.69) is 29.2 Å². The number of carbonyl (C=O) groups is 1. The average molecular weight is 404 g/mol. The van der Waals surface area contributed by atoms with Crippen molar-refractivity contribution in [2.24, 2.45) is 11.1 Å². The van der Waals surface area contributed by atoms with Crippen molar-refractivity contribution in [2.45, 2.75) is 45.3 Å². The molecule has 4 heterocycles. The second-order valence-corrected chi connectivity index (χ2v) is 8.89. The first-order valence-electron chi connectivity index (χ1n) is 9.66. The molecular weight excluding hydrogens is 378 g/mol. The molecule has 2 aromatic rings. The average Bonchev–Trinajstić information content (AvgIpc) is 3.16. The van der Waals surface area contributed by atoms with Crippen LogP contribution >= 0.6 is 11.6 Å². The first kappa shape index (κ1) is 19.4. The Hall–Kier alpha value is -1.96. The fourth-order valence-electron chi connectivity index (χ4n) is 4.14. The Morgan fingerprint density at radius 3 is 3.00 bits per heavy atom. The summed E-state index contributed by atoms with van der Waals surface area (Å²) < 4.78 is 7.79. The van der Waals surface area contributed by atoms with Crippen molar-refractivity contribution in [2.75, 3.05) is 19.7 Å². The number of aromatic nitrogens is 3. The largest absolute Gasteiger partial charge is 0.376 e. The predicted octanol–water partition coefficient (Wildman–Crippen LogP) is 2.13. The molecule has 0 aromatic carbocycles. The van der Waals surface area contributed by atoms with Crippen molar-refractivity contribution >= 4 is 17.5 Å². The van der Waals surface area contributed by atoms with Crippen LogP contribution in [0.25, 0.3) is 11.1 Å². The second-order valence-electron chi connectivity index (χ2n) is 8.48. The number of carbonyl (C=O) groups excluding carboxylic acids is 1. The van der Waals surface area contributed by atoms with Crippen molar-refractivity contribution in [3.8, 4) is 11.1 Å². The van der Waals surface area contributed by atoms with Crippen LogP contribution in [0.1, 0.15) is 37.6 Å². The Morgan fingerprint density at radius 1 is 1.46 bits per heavy atom. The molecule has 0 radical (unpaired) electrons. The molecule has 28 heavy (non-hydrogen) atoms. The highest BCUT2D eigenvalue weighted by atomic mass is 35.5. The highest BCUT2D eigenvalue weighted by Crippen LogP contribution is 2.39. The van der Waals surface area contributed by atoms with Gasteiger partial charge in [-0.15, -0.1) is 0 Å². The molecule has 2 atom stereocenters. The fourth-order valence-corrected chi connectivity index (χ4v) is 4.35. The molecule has 2 aliphatic heterocycles. The van der Waals surface area contributed by atoms with E-state index in [4.69, 9.17) is 22.1 Å². The summed E-state index contributed by atoms with van der Waals surface area (Å²) in [5.74, 6) is -0.933. The van der Waals surface area contributed by atoms with Crippen LogP contribution in [0.15, 0.2) is 18.5 Å². The van der Waals surface area contributed by atoms with Crippen LogP contribution in [-0.2, 0) is 22.5 Å². The summed E-state index contributed by atoms with van der Waals surface area (Å²) in [5.41, 5.74) is 9.52. The lowest BCUT2D eigenvalue weighted by atomic mass is 9.89. The third-order valence-corrected chi connectivity index (χ3v) is 5.84. The number of halogens is 1. The van der Waals surface area contributed by atoms with E-state index < -0.39 is 11.8 Å². The molecule has 1 fully saturated rings. The van der Waals surface area contributed by atoms with E-state index in [0.29, 0.717) is 30.3 Å². The van der Waals surface area contributed by atoms with Crippen molar-refractivity contribution in [1.82, 2.24) is 20.1 Å². The number of amides is 1. The normalized spacial score (nSPS) is 22.0. The summed E-state index contributed by atoms with van der Waals surface area (Å²) in [5, 5.41) is 8.35. The molecule has 0 aliphatic carbocycles. The number of ether oxygens (including phenoxy) is 1. The van der Waals surface area contributed by atoms with Crippen molar-refractivity contribution in [1.29, 1.82) is 0 Å². The van der Waals surface area contributed by atoms with Crippen molar-refractivity contribution in [3.63, 3.8) is 0 Å². The van der Waals surface area contributed by atoms with Gasteiger partial charge in [-0.05, 0) is 24.3 Å². The van der Waals surface area contributed by atoms with Gasteiger partial charge >= 0.3 is 0 Å². The molecule has 8 heteroatoms. The van der Waals surface area contributed by atoms with Crippen LogP contribution in [0, 0.1) is 5.41 Å². The summed E-state index contributed by atoms with van der Waals surface area (Å²) >= 11 is 6.49. The minimum atomic E-state index is -0.527. The number of hydrogen-bond donors (Lipinski definition) is 2. The Labute approximate surface area is 169 Å². The maximum Gasteiger partial charge on any atom is 0.226 e. The Bertz CT molecular complexity index is 889. The second kappa shape index (κ2) is 7.46. The van der Waals surface area contributed by atoms with E-state index in [9.17, 15) is 4.79 Å². The number of pyridine rings is 1. The SMILES string of the molecule is CC1(C)Cc2c(-c3cc(C(CC4CNCCO4)C(N)=O)ncc3Cl)cnn2C1. The molecule has 2 unspecified atom stereocenters. The van der Waals surface area contributed by atoms with Crippen LogP contribution in [0.5, 0.6) is 0 Å². The monoisotopic (exact) mass is 403 g/mol. The first-order valence-corrected chi connectivity index (χ1v) is 10.0. The van der Waals surface area contributed by atoms with E-state index in [0.717, 1.165) is 30.6 Å². The Morgan fingerprint density at radius 2 is 2.29 bits per heavy atom. The van der Waals surface area contributed by atoms with Gasteiger partial charge in [0, 0.05) is 42.7 Å². The predicted molar refractivity (Wildman–Crippen MR) is 107 cm³/mol. The van der Waals surface area contributed by atoms with Crippen molar-refractivity contribution < 1.29 is 9.53 Å². The van der Waals surface area contributed by atoms with Gasteiger partial charge in [0.25, 0.3) is 0 Å². The van der Waals surface area contributed by atoms with Gasteiger partial charge in [-0.3, -0.25) is 14.5 Å². The van der Waals surface area contributed by atoms with Crippen molar-refractivity contribution in [3.05, 3.63) is 34.9 Å². The zero-order chi connectivity index (χ0) is 19.9. The van der Waals surface area contributed by atoms with E-state index in [-0.39, 0.29) is 11.5 Å². The molecule has 0 bridgehead atoms. The number of primary amides is 1. The lowest BCUT2D eigenvalue weighted by Gasteiger charge is -2.26. The van der Waals surface area contributed by atoms with Gasteiger partial charge in [-0.2, -0.15) is 5.10 Å². The molecule has 1 saturated heterocycles. The molecule has 3 N–H and O–H groups in total. The molecule has 2 aliphatic rings. The maximum absolute atomic E-state index is 12.2. The molecule has 1 amide bonds. The number of rotatable bonds is 5. The number of nitrogens with zero attached hydrogens (tertiary/aromatic N) is 3. The third-order valence-electron chi connectivity index (χ3n) is 5.54. The molecular formula is C20H26ClN5O2. The van der Waals surface area contributed by atoms with E-state index in [1.54, 1.807) is 6.20 Å². The minimum absolute atomic E-state index is 0.0617. The zero-order valence-corrected chi connectivity index (χ0v) is 17.0. The number of fused-ring (bicyclic) bond motifs is 1. The molecule has 150 valence electrons. The maximum atomic E-state index is 12.2. The standard InChI is InChI=1S/C20H26ClN5O2/c1-20(2)7-18-15(9-25-26(18)11-20)13-6-17(24-10-16(13)21)14(19(22)27)5-12-8-23-3-4-28-12/h6,9-10,12,14,23H,3-5,7-8,11H2,1-2H3,(H2,22,27). The zero-order valence-electron chi connectivity index (χ0n) is 16.2. The molecule has 0 spiro atoms. The lowest BCUT2D eigenvalue weighted by Crippen LogP contribution is -2.40. The van der Waals surface area contributed by atoms with Gasteiger partial charge in [0.15, 0.2) is 0 Å². The van der Waals surface area contributed by atoms with Gasteiger partial charge in [-0.25, -0.2) is 0 Å². The summed E-state index contributed by atoms with van der Waals surface area (Å²) in [7, 11) is 0. The smallest absolute Gasteiger partial charge is 0.226 e. The topological polar surface area (TPSA) is 95.1 Å². The first-order chi connectivity index (χ1) is 13.3. The third kappa shape index (κ3) is 3.79. The fraction of sp³-hybridized carbons (Fsp3) is 0.550. The van der Waals surface area contributed by atoms with E-state index in [1.807, 2.05) is 16.9 Å². The van der Waals surface area contributed by atoms with Gasteiger partial charge in [-0.1, -0.05) is 25.4 Å². The Kier molecular flexibility index (Phi) is 5.16. The summed E-state index contributed by atoms with van der Waals surface area (Å²) in [4.78, 5) is 16.6. The molecule has 7 nitrogen and oxygen atoms in total. The number of hydrogen-bond acceptors (Lipinski definition) is 5. The number of nitrogens with two attached hydrogens (primary N) is 1. The van der Waals surface area contributed by atoms with Crippen LogP contribution in [-0.4, -0.2) is 46.5 Å². The highest BCUT2D eigenvalue weighted by molar-refractivity contribution is 6.33. The number of nitrogens with one attached hydrogen (secondary N) is 1. The summed E-state index contributed by atoms with van der Waals surface area (Å²) in [6.07, 6.45) is 4.82. The van der Waals surface area contributed by atoms with Gasteiger partial charge in [0.1, 0.15) is 0 Å². The van der Waals surface area contributed by atoms with Gasteiger partial charge in [0.05, 0.1) is 35.5 Å². The van der Waals surface area contributed by atoms with Crippen LogP contribution in [0.2, 0.25) is 5.02 Å². The van der Waals surface area contributed by atoms with E-state index >= 15 is 0 Å².